The van der Waals surface area contributed by atoms with E-state index in [1.165, 1.54) is 0 Å². The average molecular weight is 394 g/mol. The fourth-order valence-corrected chi connectivity index (χ4v) is 4.20. The Balaban J connectivity index is 1.60. The quantitative estimate of drug-likeness (QED) is 0.781. The van der Waals surface area contributed by atoms with Gasteiger partial charge in [-0.25, -0.2) is 0 Å². The first-order valence-corrected chi connectivity index (χ1v) is 10.6. The van der Waals surface area contributed by atoms with Gasteiger partial charge in [-0.1, -0.05) is 19.0 Å². The number of ether oxygens (including phenoxy) is 1. The maximum absolute atomic E-state index is 13.1. The van der Waals surface area contributed by atoms with Crippen molar-refractivity contribution in [3.63, 3.8) is 0 Å². The molecule has 0 radical (unpaired) electrons. The Kier molecular flexibility index (Phi) is 7.42. The lowest BCUT2D eigenvalue weighted by Gasteiger charge is -2.36. The van der Waals surface area contributed by atoms with Crippen molar-refractivity contribution >= 4 is 5.91 Å². The highest BCUT2D eigenvalue weighted by molar-refractivity contribution is 5.78. The predicted molar refractivity (Wildman–Crippen MR) is 105 cm³/mol. The number of hydrogen-bond donors (Lipinski definition) is 1. The van der Waals surface area contributed by atoms with Gasteiger partial charge in [0.25, 0.3) is 0 Å². The van der Waals surface area contributed by atoms with Crippen molar-refractivity contribution in [3.05, 3.63) is 11.7 Å². The summed E-state index contributed by atoms with van der Waals surface area (Å²) in [5.74, 6) is 1.76. The van der Waals surface area contributed by atoms with Gasteiger partial charge in [-0.3, -0.25) is 9.69 Å². The van der Waals surface area contributed by atoms with E-state index in [0.29, 0.717) is 30.2 Å². The van der Waals surface area contributed by atoms with Gasteiger partial charge in [0, 0.05) is 51.9 Å². The fraction of sp³-hybridized carbons (Fsp3) is 0.850. The van der Waals surface area contributed by atoms with Gasteiger partial charge in [0.1, 0.15) is 0 Å². The summed E-state index contributed by atoms with van der Waals surface area (Å²) in [5.41, 5.74) is 6.31. The van der Waals surface area contributed by atoms with Crippen LogP contribution >= 0.6 is 0 Å². The van der Waals surface area contributed by atoms with Crippen molar-refractivity contribution in [1.82, 2.24) is 19.9 Å². The topological polar surface area (TPSA) is 97.7 Å². The highest BCUT2D eigenvalue weighted by atomic mass is 16.5. The molecule has 2 atom stereocenters. The number of amides is 1. The van der Waals surface area contributed by atoms with Gasteiger partial charge in [0.05, 0.1) is 12.5 Å². The molecule has 2 aliphatic rings. The lowest BCUT2D eigenvalue weighted by Crippen LogP contribution is -2.47. The second kappa shape index (κ2) is 9.80. The monoisotopic (exact) mass is 393 g/mol. The van der Waals surface area contributed by atoms with Crippen molar-refractivity contribution in [1.29, 1.82) is 0 Å². The molecule has 0 aliphatic carbocycles. The third-order valence-electron chi connectivity index (χ3n) is 5.72. The van der Waals surface area contributed by atoms with Crippen LogP contribution in [0, 0.1) is 11.8 Å². The molecule has 1 aromatic rings. The van der Waals surface area contributed by atoms with Crippen LogP contribution in [0.25, 0.3) is 0 Å². The van der Waals surface area contributed by atoms with E-state index in [9.17, 15) is 4.79 Å². The number of carbonyl (C=O) groups is 1. The number of carbonyl (C=O) groups excluding carboxylic acids is 1. The number of aromatic nitrogens is 2. The number of rotatable bonds is 6. The molecule has 3 heterocycles. The van der Waals surface area contributed by atoms with E-state index < -0.39 is 0 Å². The highest BCUT2D eigenvalue weighted by Crippen LogP contribution is 2.24. The van der Waals surface area contributed by atoms with E-state index in [1.54, 1.807) is 4.90 Å². The molecule has 8 nitrogen and oxygen atoms in total. The van der Waals surface area contributed by atoms with Crippen molar-refractivity contribution in [3.8, 4) is 0 Å². The summed E-state index contributed by atoms with van der Waals surface area (Å²) in [5, 5.41) is 4.02. The van der Waals surface area contributed by atoms with E-state index in [0.717, 1.165) is 58.4 Å². The number of nitrogens with zero attached hydrogens (tertiary/aromatic N) is 4. The number of nitrogens with two attached hydrogens (primary N) is 1. The molecular formula is C20H35N5O3. The number of hydrogen-bond acceptors (Lipinski definition) is 7. The molecule has 8 heteroatoms. The highest BCUT2D eigenvalue weighted by Gasteiger charge is 2.33. The molecule has 2 aliphatic heterocycles. The molecule has 158 valence electrons. The second-order valence-corrected chi connectivity index (χ2v) is 8.73. The summed E-state index contributed by atoms with van der Waals surface area (Å²) in [6.07, 6.45) is 4.52. The first-order chi connectivity index (χ1) is 13.4. The molecule has 2 fully saturated rings. The summed E-state index contributed by atoms with van der Waals surface area (Å²) < 4.78 is 10.8. The Morgan fingerprint density at radius 3 is 2.71 bits per heavy atom. The van der Waals surface area contributed by atoms with E-state index >= 15 is 0 Å². The molecule has 28 heavy (non-hydrogen) atoms. The largest absolute Gasteiger partial charge is 0.381 e. The van der Waals surface area contributed by atoms with Gasteiger partial charge >= 0.3 is 0 Å². The Labute approximate surface area is 167 Å². The lowest BCUT2D eigenvalue weighted by molar-refractivity contribution is -0.136. The van der Waals surface area contributed by atoms with Crippen LogP contribution in [0.3, 0.4) is 0 Å². The summed E-state index contributed by atoms with van der Waals surface area (Å²) in [6.45, 7) is 7.81. The number of likely N-dealkylation sites (tertiary alicyclic amines) is 1. The van der Waals surface area contributed by atoms with E-state index in [2.05, 4.69) is 28.9 Å². The molecule has 0 unspecified atom stereocenters. The van der Waals surface area contributed by atoms with Crippen LogP contribution < -0.4 is 5.73 Å². The zero-order chi connectivity index (χ0) is 20.1. The van der Waals surface area contributed by atoms with Crippen molar-refractivity contribution < 1.29 is 14.1 Å². The maximum atomic E-state index is 13.1. The van der Waals surface area contributed by atoms with Gasteiger partial charge in [-0.05, 0) is 31.6 Å². The van der Waals surface area contributed by atoms with Crippen LogP contribution in [-0.4, -0.2) is 71.3 Å². The standard InChI is InChI=1S/C20H35N5O3/c1-14(2)10-18-22-19(28-23-18)13-24(3)20(26)15-4-5-16(21)12-25(11-15)17-6-8-27-9-7-17/h14-17H,4-13,21H2,1-3H3/t15-,16+/m1/s1. The Morgan fingerprint density at radius 1 is 1.25 bits per heavy atom. The first kappa shape index (κ1) is 21.2. The molecule has 0 saturated carbocycles. The summed E-state index contributed by atoms with van der Waals surface area (Å²) in [4.78, 5) is 21.7. The van der Waals surface area contributed by atoms with Gasteiger partial charge in [0.15, 0.2) is 5.82 Å². The fourth-order valence-electron chi connectivity index (χ4n) is 4.20. The van der Waals surface area contributed by atoms with Crippen molar-refractivity contribution in [2.24, 2.45) is 17.6 Å². The van der Waals surface area contributed by atoms with Crippen LogP contribution in [-0.2, 0) is 22.5 Å². The first-order valence-electron chi connectivity index (χ1n) is 10.6. The SMILES string of the molecule is CC(C)Cc1noc(CN(C)C(=O)[C@@H]2CC[C@H](N)CN(C3CCOCC3)C2)n1. The molecule has 0 aromatic carbocycles. The Hall–Kier alpha value is -1.51. The zero-order valence-corrected chi connectivity index (χ0v) is 17.5. The minimum Gasteiger partial charge on any atom is -0.381 e. The van der Waals surface area contributed by atoms with Crippen LogP contribution in [0.1, 0.15) is 51.2 Å². The summed E-state index contributed by atoms with van der Waals surface area (Å²) in [7, 11) is 1.82. The second-order valence-electron chi connectivity index (χ2n) is 8.73. The molecule has 0 spiro atoms. The van der Waals surface area contributed by atoms with Crippen LogP contribution in [0.4, 0.5) is 0 Å². The smallest absolute Gasteiger partial charge is 0.246 e. The normalized spacial score (nSPS) is 25.0. The minimum absolute atomic E-state index is 0.0422. The minimum atomic E-state index is -0.0422. The molecule has 0 bridgehead atoms. The van der Waals surface area contributed by atoms with Crippen molar-refractivity contribution in [2.45, 2.75) is 64.6 Å². The molecule has 1 amide bonds. The Bertz CT molecular complexity index is 629. The third kappa shape index (κ3) is 5.75. The van der Waals surface area contributed by atoms with Gasteiger partial charge in [-0.15, -0.1) is 0 Å². The van der Waals surface area contributed by atoms with Gasteiger partial charge in [0.2, 0.25) is 11.8 Å². The van der Waals surface area contributed by atoms with Crippen LogP contribution in [0.5, 0.6) is 0 Å². The molecule has 2 saturated heterocycles. The summed E-state index contributed by atoms with van der Waals surface area (Å²) in [6, 6.07) is 0.591. The van der Waals surface area contributed by atoms with E-state index in [1.807, 2.05) is 7.05 Å². The van der Waals surface area contributed by atoms with Gasteiger partial charge in [-0.2, -0.15) is 4.98 Å². The molecule has 2 N–H and O–H groups in total. The maximum Gasteiger partial charge on any atom is 0.246 e. The van der Waals surface area contributed by atoms with Gasteiger partial charge < -0.3 is 19.9 Å². The zero-order valence-electron chi connectivity index (χ0n) is 17.5. The lowest BCUT2D eigenvalue weighted by atomic mass is 10.00. The van der Waals surface area contributed by atoms with Crippen molar-refractivity contribution in [2.75, 3.05) is 33.4 Å². The molecule has 1 aromatic heterocycles. The molecular weight excluding hydrogens is 358 g/mol. The van der Waals surface area contributed by atoms with E-state index in [4.69, 9.17) is 15.0 Å². The van der Waals surface area contributed by atoms with E-state index in [-0.39, 0.29) is 17.9 Å². The molecule has 3 rings (SSSR count). The Morgan fingerprint density at radius 2 is 2.00 bits per heavy atom. The van der Waals surface area contributed by atoms with Crippen LogP contribution in [0.15, 0.2) is 4.52 Å². The van der Waals surface area contributed by atoms with Crippen LogP contribution in [0.2, 0.25) is 0 Å². The third-order valence-corrected chi connectivity index (χ3v) is 5.72. The predicted octanol–water partition coefficient (Wildman–Crippen LogP) is 1.44. The average Bonchev–Trinajstić information content (AvgIpc) is 2.99. The summed E-state index contributed by atoms with van der Waals surface area (Å²) >= 11 is 0.